The summed E-state index contributed by atoms with van der Waals surface area (Å²) in [5.74, 6) is 0.351. The molecule has 1 saturated heterocycles. The summed E-state index contributed by atoms with van der Waals surface area (Å²) in [7, 11) is 0. The van der Waals surface area contributed by atoms with Gasteiger partial charge < -0.3 is 20.1 Å². The molecule has 114 valence electrons. The molecule has 1 rings (SSSR count). The monoisotopic (exact) mass is 272 g/mol. The van der Waals surface area contributed by atoms with Crippen molar-refractivity contribution < 1.29 is 9.47 Å². The van der Waals surface area contributed by atoms with Gasteiger partial charge >= 0.3 is 0 Å². The Balaban J connectivity index is 2.62. The first-order valence-corrected chi connectivity index (χ1v) is 7.50. The highest BCUT2D eigenvalue weighted by Crippen LogP contribution is 2.41. The first-order valence-electron chi connectivity index (χ1n) is 7.50. The zero-order valence-corrected chi connectivity index (χ0v) is 13.5. The molecular weight excluding hydrogens is 240 g/mol. The van der Waals surface area contributed by atoms with Gasteiger partial charge in [0.05, 0.1) is 17.8 Å². The lowest BCUT2D eigenvalue weighted by Crippen LogP contribution is -2.48. The molecule has 0 radical (unpaired) electrons. The average molecular weight is 272 g/mol. The lowest BCUT2D eigenvalue weighted by atomic mass is 9.82. The van der Waals surface area contributed by atoms with E-state index >= 15 is 0 Å². The number of likely N-dealkylation sites (N-methyl/N-ethyl adjacent to an activating group) is 1. The molecule has 0 spiro atoms. The molecule has 2 unspecified atom stereocenters. The van der Waals surface area contributed by atoms with Crippen molar-refractivity contribution in [3.05, 3.63) is 0 Å². The maximum absolute atomic E-state index is 6.41. The van der Waals surface area contributed by atoms with Gasteiger partial charge in [0.25, 0.3) is 0 Å². The molecule has 0 aliphatic carbocycles. The van der Waals surface area contributed by atoms with Crippen molar-refractivity contribution in [1.29, 1.82) is 0 Å². The molecule has 0 aromatic carbocycles. The van der Waals surface area contributed by atoms with Gasteiger partial charge in [0.2, 0.25) is 0 Å². The fraction of sp³-hybridized carbons (Fsp3) is 1.00. The summed E-state index contributed by atoms with van der Waals surface area (Å²) in [5.41, 5.74) is 6.00. The van der Waals surface area contributed by atoms with E-state index in [2.05, 4.69) is 39.5 Å². The summed E-state index contributed by atoms with van der Waals surface area (Å²) in [6.45, 7) is 17.2. The SMILES string of the molecule is CCOCCN(CC)CC1C(N)C(C)(C)OC1(C)C. The number of nitrogens with zero attached hydrogens (tertiary/aromatic N) is 1. The van der Waals surface area contributed by atoms with E-state index in [-0.39, 0.29) is 17.2 Å². The Hall–Kier alpha value is -0.160. The van der Waals surface area contributed by atoms with Crippen molar-refractivity contribution in [2.75, 3.05) is 32.8 Å². The van der Waals surface area contributed by atoms with Crippen LogP contribution in [0, 0.1) is 5.92 Å². The van der Waals surface area contributed by atoms with Crippen molar-refractivity contribution >= 4 is 0 Å². The zero-order valence-electron chi connectivity index (χ0n) is 13.5. The van der Waals surface area contributed by atoms with E-state index in [9.17, 15) is 0 Å². The van der Waals surface area contributed by atoms with Crippen LogP contribution in [-0.4, -0.2) is 55.0 Å². The molecule has 0 amide bonds. The second kappa shape index (κ2) is 6.53. The molecule has 1 heterocycles. The van der Waals surface area contributed by atoms with Crippen LogP contribution in [0.4, 0.5) is 0 Å². The first-order chi connectivity index (χ1) is 8.74. The highest BCUT2D eigenvalue weighted by Gasteiger charge is 2.52. The largest absolute Gasteiger partial charge is 0.380 e. The number of hydrogen-bond acceptors (Lipinski definition) is 4. The molecule has 4 nitrogen and oxygen atoms in total. The summed E-state index contributed by atoms with van der Waals surface area (Å²) >= 11 is 0. The second-order valence-corrected chi connectivity index (χ2v) is 6.53. The molecule has 0 aromatic heterocycles. The Morgan fingerprint density at radius 3 is 2.21 bits per heavy atom. The van der Waals surface area contributed by atoms with Gasteiger partial charge in [-0.25, -0.2) is 0 Å². The Labute approximate surface area is 118 Å². The van der Waals surface area contributed by atoms with Crippen LogP contribution in [0.25, 0.3) is 0 Å². The Kier molecular flexibility index (Phi) is 5.80. The van der Waals surface area contributed by atoms with Crippen LogP contribution in [0.1, 0.15) is 41.5 Å². The molecule has 2 N–H and O–H groups in total. The molecule has 4 heteroatoms. The standard InChI is InChI=1S/C15H32N2O2/c1-7-17(9-10-18-8-2)11-12-13(16)15(5,6)19-14(12,3)4/h12-13H,7-11,16H2,1-6H3. The van der Waals surface area contributed by atoms with Crippen LogP contribution >= 0.6 is 0 Å². The van der Waals surface area contributed by atoms with Gasteiger partial charge in [0.1, 0.15) is 0 Å². The third-order valence-electron chi connectivity index (χ3n) is 4.31. The maximum atomic E-state index is 6.41. The molecule has 2 atom stereocenters. The first kappa shape index (κ1) is 16.9. The predicted octanol–water partition coefficient (Wildman–Crippen LogP) is 1.88. The van der Waals surface area contributed by atoms with E-state index in [0.29, 0.717) is 5.92 Å². The molecule has 1 aliphatic rings. The van der Waals surface area contributed by atoms with Crippen LogP contribution < -0.4 is 5.73 Å². The average Bonchev–Trinajstić information content (AvgIpc) is 2.45. The molecule has 0 bridgehead atoms. The van der Waals surface area contributed by atoms with Gasteiger partial charge in [-0.05, 0) is 41.2 Å². The fourth-order valence-corrected chi connectivity index (χ4v) is 3.07. The van der Waals surface area contributed by atoms with Gasteiger partial charge in [0.15, 0.2) is 0 Å². The Morgan fingerprint density at radius 1 is 1.16 bits per heavy atom. The quantitative estimate of drug-likeness (QED) is 0.719. The Morgan fingerprint density at radius 2 is 1.79 bits per heavy atom. The smallest absolute Gasteiger partial charge is 0.0788 e. The Bertz CT molecular complexity index is 279. The van der Waals surface area contributed by atoms with Gasteiger partial charge in [-0.3, -0.25) is 0 Å². The minimum atomic E-state index is -0.243. The van der Waals surface area contributed by atoms with Crippen LogP contribution in [0.3, 0.4) is 0 Å². The van der Waals surface area contributed by atoms with Crippen molar-refractivity contribution in [2.24, 2.45) is 11.7 Å². The lowest BCUT2D eigenvalue weighted by molar-refractivity contribution is -0.0786. The molecule has 0 saturated carbocycles. The topological polar surface area (TPSA) is 47.7 Å². The van der Waals surface area contributed by atoms with E-state index in [1.54, 1.807) is 0 Å². The van der Waals surface area contributed by atoms with Crippen molar-refractivity contribution in [3.63, 3.8) is 0 Å². The summed E-state index contributed by atoms with van der Waals surface area (Å²) in [6, 6.07) is 0.0728. The number of hydrogen-bond donors (Lipinski definition) is 1. The maximum Gasteiger partial charge on any atom is 0.0788 e. The highest BCUT2D eigenvalue weighted by molar-refractivity contribution is 5.04. The van der Waals surface area contributed by atoms with Crippen LogP contribution in [0.5, 0.6) is 0 Å². The van der Waals surface area contributed by atoms with E-state index in [4.69, 9.17) is 15.2 Å². The van der Waals surface area contributed by atoms with Crippen LogP contribution in [-0.2, 0) is 9.47 Å². The molecule has 19 heavy (non-hydrogen) atoms. The summed E-state index contributed by atoms with van der Waals surface area (Å²) in [6.07, 6.45) is 0. The zero-order chi connectivity index (χ0) is 14.7. The van der Waals surface area contributed by atoms with Crippen LogP contribution in [0.2, 0.25) is 0 Å². The van der Waals surface area contributed by atoms with Gasteiger partial charge in [-0.2, -0.15) is 0 Å². The van der Waals surface area contributed by atoms with Crippen molar-refractivity contribution in [1.82, 2.24) is 4.90 Å². The fourth-order valence-electron chi connectivity index (χ4n) is 3.07. The van der Waals surface area contributed by atoms with Crippen molar-refractivity contribution in [3.8, 4) is 0 Å². The molecular formula is C15H32N2O2. The van der Waals surface area contributed by atoms with Gasteiger partial charge in [-0.15, -0.1) is 0 Å². The van der Waals surface area contributed by atoms with Crippen LogP contribution in [0.15, 0.2) is 0 Å². The third kappa shape index (κ3) is 4.15. The molecule has 1 aliphatic heterocycles. The summed E-state index contributed by atoms with van der Waals surface area (Å²) < 4.78 is 11.6. The minimum absolute atomic E-state index is 0.0728. The number of rotatable bonds is 7. The van der Waals surface area contributed by atoms with E-state index in [1.165, 1.54) is 0 Å². The summed E-state index contributed by atoms with van der Waals surface area (Å²) in [4.78, 5) is 2.41. The third-order valence-corrected chi connectivity index (χ3v) is 4.31. The van der Waals surface area contributed by atoms with Gasteiger partial charge in [0, 0.05) is 31.7 Å². The second-order valence-electron chi connectivity index (χ2n) is 6.53. The normalized spacial score (nSPS) is 29.1. The van der Waals surface area contributed by atoms with Gasteiger partial charge in [-0.1, -0.05) is 6.92 Å². The molecule has 1 fully saturated rings. The van der Waals surface area contributed by atoms with E-state index in [1.807, 2.05) is 6.92 Å². The van der Waals surface area contributed by atoms with Crippen molar-refractivity contribution in [2.45, 2.75) is 58.8 Å². The highest BCUT2D eigenvalue weighted by atomic mass is 16.5. The predicted molar refractivity (Wildman–Crippen MR) is 79.3 cm³/mol. The molecule has 0 aromatic rings. The van der Waals surface area contributed by atoms with E-state index in [0.717, 1.165) is 32.8 Å². The minimum Gasteiger partial charge on any atom is -0.380 e. The van der Waals surface area contributed by atoms with E-state index < -0.39 is 0 Å². The lowest BCUT2D eigenvalue weighted by Gasteiger charge is -2.32. The number of ether oxygens (including phenoxy) is 2. The summed E-state index contributed by atoms with van der Waals surface area (Å²) in [5, 5.41) is 0. The number of nitrogens with two attached hydrogens (primary N) is 1.